The third-order valence-electron chi connectivity index (χ3n) is 3.39. The van der Waals surface area contributed by atoms with Crippen LogP contribution in [-0.2, 0) is 14.3 Å². The van der Waals surface area contributed by atoms with E-state index >= 15 is 0 Å². The molecule has 0 aliphatic rings. The zero-order valence-electron chi connectivity index (χ0n) is 14.9. The molecule has 26 heavy (non-hydrogen) atoms. The van der Waals surface area contributed by atoms with E-state index in [1.54, 1.807) is 18.2 Å². The maximum Gasteiger partial charge on any atom is 0.325 e. The first-order chi connectivity index (χ1) is 12.3. The molecule has 0 fully saturated rings. The van der Waals surface area contributed by atoms with Gasteiger partial charge in [-0.3, -0.25) is 14.4 Å². The Balaban J connectivity index is 1.71. The number of carbonyl (C=O) groups excluding carboxylic acids is 3. The molecule has 2 rings (SSSR count). The van der Waals surface area contributed by atoms with Crippen LogP contribution in [0.5, 0.6) is 0 Å². The minimum absolute atomic E-state index is 0.291. The summed E-state index contributed by atoms with van der Waals surface area (Å²) >= 11 is 1.34. The summed E-state index contributed by atoms with van der Waals surface area (Å²) in [5, 5.41) is 5.10. The number of hydrogen-bond donors (Lipinski definition) is 2. The zero-order valence-corrected chi connectivity index (χ0v) is 15.7. The van der Waals surface area contributed by atoms with Crippen molar-refractivity contribution in [2.24, 2.45) is 0 Å². The van der Waals surface area contributed by atoms with Gasteiger partial charge in [-0.25, -0.2) is 0 Å². The minimum atomic E-state index is -0.676. The van der Waals surface area contributed by atoms with Crippen LogP contribution < -0.4 is 15.5 Å². The molecule has 0 aliphatic carbocycles. The third-order valence-corrected chi connectivity index (χ3v) is 4.39. The predicted octanol–water partition coefficient (Wildman–Crippen LogP) is 2.03. The van der Waals surface area contributed by atoms with Crippen molar-refractivity contribution in [1.29, 1.82) is 0 Å². The molecule has 8 heteroatoms. The lowest BCUT2D eigenvalue weighted by atomic mass is 10.2. The second-order valence-electron chi connectivity index (χ2n) is 5.74. The fourth-order valence-electron chi connectivity index (χ4n) is 2.03. The Labute approximate surface area is 156 Å². The number of amides is 2. The summed E-state index contributed by atoms with van der Waals surface area (Å²) in [4.78, 5) is 38.8. The quantitative estimate of drug-likeness (QED) is 0.723. The molecule has 0 spiro atoms. The van der Waals surface area contributed by atoms with E-state index in [2.05, 4.69) is 10.6 Å². The molecule has 138 valence electrons. The fourth-order valence-corrected chi connectivity index (χ4v) is 2.82. The predicted molar refractivity (Wildman–Crippen MR) is 102 cm³/mol. The minimum Gasteiger partial charge on any atom is -0.454 e. The first kappa shape index (κ1) is 19.5. The highest BCUT2D eigenvalue weighted by molar-refractivity contribution is 7.13. The Morgan fingerprint density at radius 3 is 2.35 bits per heavy atom. The van der Waals surface area contributed by atoms with Gasteiger partial charge in [0.15, 0.2) is 6.61 Å². The summed E-state index contributed by atoms with van der Waals surface area (Å²) in [5.41, 5.74) is 1.61. The number of aryl methyl sites for hydroxylation is 1. The Hall–Kier alpha value is -2.87. The van der Waals surface area contributed by atoms with Crippen LogP contribution in [0.3, 0.4) is 0 Å². The van der Waals surface area contributed by atoms with E-state index in [0.717, 1.165) is 10.6 Å². The lowest BCUT2D eigenvalue weighted by Crippen LogP contribution is -2.31. The van der Waals surface area contributed by atoms with Crippen LogP contribution in [0.1, 0.15) is 14.5 Å². The van der Waals surface area contributed by atoms with E-state index in [1.165, 1.54) is 11.3 Å². The molecule has 2 amide bonds. The number of thiophene rings is 1. The Morgan fingerprint density at radius 2 is 1.77 bits per heavy atom. The van der Waals surface area contributed by atoms with Crippen molar-refractivity contribution in [3.8, 4) is 0 Å². The van der Waals surface area contributed by atoms with Gasteiger partial charge in [-0.15, -0.1) is 11.3 Å². The average molecular weight is 375 g/mol. The molecule has 0 radical (unpaired) electrons. The summed E-state index contributed by atoms with van der Waals surface area (Å²) < 4.78 is 4.86. The van der Waals surface area contributed by atoms with Crippen molar-refractivity contribution >= 4 is 40.5 Å². The second-order valence-corrected chi connectivity index (χ2v) is 7.03. The summed E-state index contributed by atoms with van der Waals surface area (Å²) in [5.74, 6) is -1.47. The molecule has 7 nitrogen and oxygen atoms in total. The van der Waals surface area contributed by atoms with E-state index in [1.807, 2.05) is 44.1 Å². The Bertz CT molecular complexity index is 784. The highest BCUT2D eigenvalue weighted by Gasteiger charge is 2.12. The normalized spacial score (nSPS) is 10.1. The lowest BCUT2D eigenvalue weighted by molar-refractivity contribution is -0.146. The van der Waals surface area contributed by atoms with Crippen molar-refractivity contribution < 1.29 is 19.1 Å². The average Bonchev–Trinajstić information content (AvgIpc) is 3.05. The van der Waals surface area contributed by atoms with Gasteiger partial charge < -0.3 is 20.3 Å². The SMILES string of the molecule is Cc1ccc(C(=O)NCC(=O)OCC(=O)Nc2ccc(N(C)C)cc2)s1. The number of benzene rings is 1. The van der Waals surface area contributed by atoms with Crippen molar-refractivity contribution in [3.63, 3.8) is 0 Å². The van der Waals surface area contributed by atoms with Gasteiger partial charge in [0.05, 0.1) is 4.88 Å². The van der Waals surface area contributed by atoms with Gasteiger partial charge in [0.2, 0.25) is 0 Å². The molecule has 0 bridgehead atoms. The number of hydrogen-bond acceptors (Lipinski definition) is 6. The van der Waals surface area contributed by atoms with Gasteiger partial charge in [0.1, 0.15) is 6.54 Å². The van der Waals surface area contributed by atoms with E-state index in [4.69, 9.17) is 4.74 Å². The molecule has 1 aromatic carbocycles. The number of nitrogens with one attached hydrogen (secondary N) is 2. The molecule has 0 saturated heterocycles. The van der Waals surface area contributed by atoms with Crippen LogP contribution in [0.15, 0.2) is 36.4 Å². The molecule has 1 heterocycles. The van der Waals surface area contributed by atoms with Crippen LogP contribution in [0.25, 0.3) is 0 Å². The number of anilines is 2. The molecule has 0 atom stereocenters. The number of ether oxygens (including phenoxy) is 1. The number of rotatable bonds is 7. The Kier molecular flexibility index (Phi) is 6.74. The van der Waals surface area contributed by atoms with Crippen LogP contribution in [-0.4, -0.2) is 45.0 Å². The second kappa shape index (κ2) is 9.00. The van der Waals surface area contributed by atoms with Crippen molar-refractivity contribution in [2.45, 2.75) is 6.92 Å². The first-order valence-electron chi connectivity index (χ1n) is 7.92. The van der Waals surface area contributed by atoms with Gasteiger partial charge in [-0.05, 0) is 43.3 Å². The first-order valence-corrected chi connectivity index (χ1v) is 8.74. The molecular formula is C18H21N3O4S. The third kappa shape index (κ3) is 5.89. The topological polar surface area (TPSA) is 87.7 Å². The molecular weight excluding hydrogens is 354 g/mol. The maximum atomic E-state index is 11.8. The molecule has 1 aromatic heterocycles. The summed E-state index contributed by atoms with van der Waals surface area (Å²) in [6.07, 6.45) is 0. The van der Waals surface area contributed by atoms with Gasteiger partial charge in [0.25, 0.3) is 11.8 Å². The monoisotopic (exact) mass is 375 g/mol. The standard InChI is InChI=1S/C18H21N3O4S/c1-12-4-9-15(26-12)18(24)19-10-17(23)25-11-16(22)20-13-5-7-14(8-6-13)21(2)3/h4-9H,10-11H2,1-3H3,(H,19,24)(H,20,22). The van der Waals surface area contributed by atoms with E-state index in [9.17, 15) is 14.4 Å². The Morgan fingerprint density at radius 1 is 1.08 bits per heavy atom. The highest BCUT2D eigenvalue weighted by atomic mass is 32.1. The van der Waals surface area contributed by atoms with Crippen LogP contribution in [0, 0.1) is 6.92 Å². The number of nitrogens with zero attached hydrogens (tertiary/aromatic N) is 1. The summed E-state index contributed by atoms with van der Waals surface area (Å²) in [6.45, 7) is 1.19. The summed E-state index contributed by atoms with van der Waals surface area (Å²) in [6, 6.07) is 10.8. The van der Waals surface area contributed by atoms with E-state index < -0.39 is 18.5 Å². The zero-order chi connectivity index (χ0) is 19.1. The van der Waals surface area contributed by atoms with Gasteiger partial charge in [0, 0.05) is 30.3 Å². The molecule has 0 aliphatic heterocycles. The van der Waals surface area contributed by atoms with Crippen molar-refractivity contribution in [3.05, 3.63) is 46.2 Å². The summed E-state index contributed by atoms with van der Waals surface area (Å²) in [7, 11) is 3.84. The smallest absolute Gasteiger partial charge is 0.325 e. The largest absolute Gasteiger partial charge is 0.454 e. The van der Waals surface area contributed by atoms with Gasteiger partial charge in [-0.2, -0.15) is 0 Å². The van der Waals surface area contributed by atoms with Gasteiger partial charge >= 0.3 is 5.97 Å². The lowest BCUT2D eigenvalue weighted by Gasteiger charge is -2.13. The fraction of sp³-hybridized carbons (Fsp3) is 0.278. The molecule has 0 unspecified atom stereocenters. The van der Waals surface area contributed by atoms with E-state index in [-0.39, 0.29) is 12.5 Å². The molecule has 2 N–H and O–H groups in total. The van der Waals surface area contributed by atoms with Crippen LogP contribution in [0.4, 0.5) is 11.4 Å². The molecule has 2 aromatic rings. The highest BCUT2D eigenvalue weighted by Crippen LogP contribution is 2.16. The maximum absolute atomic E-state index is 11.8. The van der Waals surface area contributed by atoms with Crippen molar-refractivity contribution in [2.75, 3.05) is 37.5 Å². The van der Waals surface area contributed by atoms with Crippen LogP contribution in [0.2, 0.25) is 0 Å². The van der Waals surface area contributed by atoms with Crippen molar-refractivity contribution in [1.82, 2.24) is 5.32 Å². The number of carbonyl (C=O) groups is 3. The molecule has 0 saturated carbocycles. The van der Waals surface area contributed by atoms with E-state index in [0.29, 0.717) is 10.6 Å². The number of esters is 1. The van der Waals surface area contributed by atoms with Crippen LogP contribution >= 0.6 is 11.3 Å². The van der Waals surface area contributed by atoms with Gasteiger partial charge in [-0.1, -0.05) is 0 Å².